The maximum atomic E-state index is 13.2. The van der Waals surface area contributed by atoms with Crippen LogP contribution in [-0.2, 0) is 4.74 Å². The molecule has 0 radical (unpaired) electrons. The van der Waals surface area contributed by atoms with Crippen molar-refractivity contribution in [1.29, 1.82) is 0 Å². The summed E-state index contributed by atoms with van der Waals surface area (Å²) >= 11 is 0. The number of ether oxygens (including phenoxy) is 1. The van der Waals surface area contributed by atoms with E-state index in [4.69, 9.17) is 9.73 Å². The standard InChI is InChI=1S/C17H27FN4O.HI/c1-20(2)17(21(3)4)19-13-16(22-9-11-23-12-10-22)14-5-7-15(18)8-6-14;/h5-8,16H,9-13H2,1-4H3;1H. The van der Waals surface area contributed by atoms with Crippen LogP contribution < -0.4 is 0 Å². The van der Waals surface area contributed by atoms with Crippen molar-refractivity contribution in [3.05, 3.63) is 35.6 Å². The molecule has 2 rings (SSSR count). The zero-order valence-corrected chi connectivity index (χ0v) is 17.2. The van der Waals surface area contributed by atoms with Gasteiger partial charge in [0.05, 0.1) is 25.8 Å². The van der Waals surface area contributed by atoms with Gasteiger partial charge in [0.15, 0.2) is 5.96 Å². The lowest BCUT2D eigenvalue weighted by atomic mass is 10.0. The number of hydrogen-bond acceptors (Lipinski definition) is 3. The summed E-state index contributed by atoms with van der Waals surface area (Å²) in [5.74, 6) is 0.714. The highest BCUT2D eigenvalue weighted by atomic mass is 127. The van der Waals surface area contributed by atoms with Crippen LogP contribution in [0.15, 0.2) is 29.3 Å². The lowest BCUT2D eigenvalue weighted by Crippen LogP contribution is -2.41. The molecule has 7 heteroatoms. The quantitative estimate of drug-likeness (QED) is 0.401. The van der Waals surface area contributed by atoms with Crippen LogP contribution in [0.4, 0.5) is 4.39 Å². The molecule has 1 unspecified atom stereocenters. The number of nitrogens with zero attached hydrogens (tertiary/aromatic N) is 4. The Hall–Kier alpha value is -0.930. The van der Waals surface area contributed by atoms with E-state index in [1.165, 1.54) is 12.1 Å². The summed E-state index contributed by atoms with van der Waals surface area (Å²) in [5, 5.41) is 0. The fourth-order valence-electron chi connectivity index (χ4n) is 2.86. The second-order valence-electron chi connectivity index (χ2n) is 6.15. The second kappa shape index (κ2) is 10.1. The molecule has 0 bridgehead atoms. The molecule has 1 saturated heterocycles. The molecular formula is C17H28FIN4O. The SMILES string of the molecule is CN(C)C(=NCC(c1ccc(F)cc1)N1CCOCC1)N(C)C.I. The zero-order chi connectivity index (χ0) is 16.8. The van der Waals surface area contributed by atoms with E-state index < -0.39 is 0 Å². The third-order valence-corrected chi connectivity index (χ3v) is 3.95. The number of benzene rings is 1. The van der Waals surface area contributed by atoms with Gasteiger partial charge < -0.3 is 14.5 Å². The minimum absolute atomic E-state index is 0. The lowest BCUT2D eigenvalue weighted by Gasteiger charge is -2.34. The molecular weight excluding hydrogens is 422 g/mol. The average molecular weight is 450 g/mol. The van der Waals surface area contributed by atoms with Crippen LogP contribution >= 0.6 is 24.0 Å². The van der Waals surface area contributed by atoms with E-state index >= 15 is 0 Å². The van der Waals surface area contributed by atoms with Crippen molar-refractivity contribution in [1.82, 2.24) is 14.7 Å². The van der Waals surface area contributed by atoms with Crippen molar-refractivity contribution in [2.45, 2.75) is 6.04 Å². The van der Waals surface area contributed by atoms with E-state index in [-0.39, 0.29) is 35.8 Å². The van der Waals surface area contributed by atoms with Gasteiger partial charge in [-0.25, -0.2) is 4.39 Å². The van der Waals surface area contributed by atoms with Crippen molar-refractivity contribution in [3.8, 4) is 0 Å². The highest BCUT2D eigenvalue weighted by Crippen LogP contribution is 2.23. The van der Waals surface area contributed by atoms with Crippen LogP contribution in [0.5, 0.6) is 0 Å². The second-order valence-corrected chi connectivity index (χ2v) is 6.15. The Morgan fingerprint density at radius 3 is 2.17 bits per heavy atom. The van der Waals surface area contributed by atoms with Gasteiger partial charge in [-0.3, -0.25) is 9.89 Å². The molecule has 1 heterocycles. The molecule has 1 aliphatic heterocycles. The average Bonchev–Trinajstić information content (AvgIpc) is 2.53. The molecule has 24 heavy (non-hydrogen) atoms. The first-order valence-corrected chi connectivity index (χ1v) is 7.95. The number of morpholine rings is 1. The van der Waals surface area contributed by atoms with Gasteiger partial charge in [-0.05, 0) is 17.7 Å². The van der Waals surface area contributed by atoms with Crippen molar-refractivity contribution >= 4 is 29.9 Å². The van der Waals surface area contributed by atoms with E-state index in [1.807, 2.05) is 50.1 Å². The minimum atomic E-state index is -0.208. The fourth-order valence-corrected chi connectivity index (χ4v) is 2.86. The molecule has 0 spiro atoms. The van der Waals surface area contributed by atoms with Gasteiger partial charge in [0, 0.05) is 41.3 Å². The van der Waals surface area contributed by atoms with Gasteiger partial charge in [0.25, 0.3) is 0 Å². The maximum Gasteiger partial charge on any atom is 0.195 e. The van der Waals surface area contributed by atoms with Gasteiger partial charge in [0.2, 0.25) is 0 Å². The van der Waals surface area contributed by atoms with Gasteiger partial charge >= 0.3 is 0 Å². The predicted molar refractivity (Wildman–Crippen MR) is 107 cm³/mol. The largest absolute Gasteiger partial charge is 0.379 e. The first-order valence-electron chi connectivity index (χ1n) is 7.95. The molecule has 1 aromatic carbocycles. The minimum Gasteiger partial charge on any atom is -0.379 e. The number of hydrogen-bond donors (Lipinski definition) is 0. The number of rotatable bonds is 4. The molecule has 1 aliphatic rings. The van der Waals surface area contributed by atoms with E-state index in [0.717, 1.165) is 37.8 Å². The summed E-state index contributed by atoms with van der Waals surface area (Å²) in [6.07, 6.45) is 0. The third kappa shape index (κ3) is 5.86. The van der Waals surface area contributed by atoms with Gasteiger partial charge in [-0.2, -0.15) is 0 Å². The summed E-state index contributed by atoms with van der Waals surface area (Å²) in [6, 6.07) is 6.89. The highest BCUT2D eigenvalue weighted by molar-refractivity contribution is 14.0. The Morgan fingerprint density at radius 2 is 1.67 bits per heavy atom. The van der Waals surface area contributed by atoms with Crippen LogP contribution in [-0.4, -0.2) is 81.7 Å². The van der Waals surface area contributed by atoms with Crippen molar-refractivity contribution < 1.29 is 9.13 Å². The zero-order valence-electron chi connectivity index (χ0n) is 14.9. The molecule has 1 aromatic rings. The molecule has 136 valence electrons. The molecule has 0 aliphatic carbocycles. The normalized spacial score (nSPS) is 16.0. The van der Waals surface area contributed by atoms with Gasteiger partial charge in [0.1, 0.15) is 5.82 Å². The predicted octanol–water partition coefficient (Wildman–Crippen LogP) is 2.30. The summed E-state index contributed by atoms with van der Waals surface area (Å²) in [4.78, 5) is 11.2. The lowest BCUT2D eigenvalue weighted by molar-refractivity contribution is 0.0179. The molecule has 0 N–H and O–H groups in total. The van der Waals surface area contributed by atoms with E-state index in [1.54, 1.807) is 0 Å². The van der Waals surface area contributed by atoms with Gasteiger partial charge in [-0.1, -0.05) is 12.1 Å². The van der Waals surface area contributed by atoms with E-state index in [2.05, 4.69) is 4.90 Å². The monoisotopic (exact) mass is 450 g/mol. The van der Waals surface area contributed by atoms with Crippen molar-refractivity contribution in [2.24, 2.45) is 4.99 Å². The van der Waals surface area contributed by atoms with E-state index in [0.29, 0.717) is 6.54 Å². The molecule has 0 aromatic heterocycles. The summed E-state index contributed by atoms with van der Waals surface area (Å²) < 4.78 is 18.7. The van der Waals surface area contributed by atoms with Crippen LogP contribution in [0.25, 0.3) is 0 Å². The number of aliphatic imine (C=N–C) groups is 1. The Kier molecular flexibility index (Phi) is 8.93. The fraction of sp³-hybridized carbons (Fsp3) is 0.588. The molecule has 1 fully saturated rings. The van der Waals surface area contributed by atoms with Crippen LogP contribution in [0.3, 0.4) is 0 Å². The summed E-state index contributed by atoms with van der Waals surface area (Å²) in [5.41, 5.74) is 1.09. The smallest absolute Gasteiger partial charge is 0.195 e. The first-order chi connectivity index (χ1) is 11.0. The Labute approximate surface area is 161 Å². The molecule has 5 nitrogen and oxygen atoms in total. The topological polar surface area (TPSA) is 31.3 Å². The third-order valence-electron chi connectivity index (χ3n) is 3.95. The first kappa shape index (κ1) is 21.1. The van der Waals surface area contributed by atoms with Crippen LogP contribution in [0.1, 0.15) is 11.6 Å². The summed E-state index contributed by atoms with van der Waals surface area (Å²) in [7, 11) is 7.95. The Bertz CT molecular complexity index is 506. The van der Waals surface area contributed by atoms with Crippen LogP contribution in [0, 0.1) is 5.82 Å². The summed E-state index contributed by atoms with van der Waals surface area (Å²) in [6.45, 7) is 3.84. The van der Waals surface area contributed by atoms with Crippen molar-refractivity contribution in [2.75, 3.05) is 61.0 Å². The highest BCUT2D eigenvalue weighted by Gasteiger charge is 2.23. The van der Waals surface area contributed by atoms with Crippen molar-refractivity contribution in [3.63, 3.8) is 0 Å². The maximum absolute atomic E-state index is 13.2. The Morgan fingerprint density at radius 1 is 1.12 bits per heavy atom. The molecule has 0 saturated carbocycles. The van der Waals surface area contributed by atoms with E-state index in [9.17, 15) is 4.39 Å². The number of halogens is 2. The molecule has 0 amide bonds. The van der Waals surface area contributed by atoms with Crippen LogP contribution in [0.2, 0.25) is 0 Å². The Balaban J connectivity index is 0.00000288. The molecule has 1 atom stereocenters. The number of guanidine groups is 1. The van der Waals surface area contributed by atoms with Gasteiger partial charge in [-0.15, -0.1) is 24.0 Å².